The van der Waals surface area contributed by atoms with Crippen molar-refractivity contribution in [1.29, 1.82) is 0 Å². The smallest absolute Gasteiger partial charge is 0.455 e. The van der Waals surface area contributed by atoms with Crippen LogP contribution in [-0.2, 0) is 51.2 Å². The van der Waals surface area contributed by atoms with E-state index < -0.39 is 101 Å². The van der Waals surface area contributed by atoms with E-state index in [2.05, 4.69) is 31.0 Å². The quantitative estimate of drug-likeness (QED) is 0.0553. The summed E-state index contributed by atoms with van der Waals surface area (Å²) in [5, 5.41) is 11.7. The number of aromatic nitrogens is 6. The summed E-state index contributed by atoms with van der Waals surface area (Å²) in [6.07, 6.45) is -5.31. The Labute approximate surface area is 336 Å². The van der Waals surface area contributed by atoms with E-state index in [-0.39, 0.29) is 42.2 Å². The highest BCUT2D eigenvalue weighted by atomic mass is 31.2. The van der Waals surface area contributed by atoms with Crippen LogP contribution in [0.4, 0.5) is 11.6 Å². The molecule has 8 N–H and O–H groups in total. The molecule has 0 spiro atoms. The van der Waals surface area contributed by atoms with Crippen LogP contribution >= 0.6 is 15.6 Å². The molecule has 3 aromatic rings. The van der Waals surface area contributed by atoms with Crippen molar-refractivity contribution in [1.82, 2.24) is 34.0 Å². The number of likely N-dealkylation sites (N-methyl/N-ethyl adjacent to an activating group) is 1. The van der Waals surface area contributed by atoms with Gasteiger partial charge in [0, 0.05) is 26.1 Å². The summed E-state index contributed by atoms with van der Waals surface area (Å²) in [7, 11) is -8.91. The van der Waals surface area contributed by atoms with Crippen molar-refractivity contribution in [2.24, 2.45) is 0 Å². The molecule has 2 aliphatic rings. The third kappa shape index (κ3) is 11.7. The maximum Gasteiger partial charge on any atom is 0.472 e. The van der Waals surface area contributed by atoms with Crippen molar-refractivity contribution in [3.05, 3.63) is 48.1 Å². The predicted molar refractivity (Wildman–Crippen MR) is 201 cm³/mol. The molecule has 2 fully saturated rings. The van der Waals surface area contributed by atoms with Crippen molar-refractivity contribution in [3.8, 4) is 0 Å². The van der Waals surface area contributed by atoms with Crippen LogP contribution in [0.15, 0.2) is 42.4 Å². The first kappa shape index (κ1) is 45.8. The van der Waals surface area contributed by atoms with Crippen LogP contribution in [0.1, 0.15) is 52.5 Å². The molecule has 1 unspecified atom stereocenters. The molecule has 5 heterocycles. The Balaban J connectivity index is 1.39. The van der Waals surface area contributed by atoms with E-state index in [0.717, 1.165) is 15.8 Å². The highest BCUT2D eigenvalue weighted by molar-refractivity contribution is 7.47. The molecule has 25 nitrogen and oxygen atoms in total. The van der Waals surface area contributed by atoms with Gasteiger partial charge in [0.2, 0.25) is 5.91 Å². The van der Waals surface area contributed by atoms with Crippen LogP contribution in [-0.4, -0.2) is 135 Å². The van der Waals surface area contributed by atoms with Crippen LogP contribution in [0, 0.1) is 0 Å². The third-order valence-corrected chi connectivity index (χ3v) is 10.5. The molecule has 0 radical (unpaired) electrons. The summed E-state index contributed by atoms with van der Waals surface area (Å²) in [5.74, 6) is -1.56. The average molecular weight is 876 g/mol. The van der Waals surface area contributed by atoms with Crippen molar-refractivity contribution in [2.45, 2.75) is 94.7 Å². The lowest BCUT2D eigenvalue weighted by atomic mass is 10.1. The fourth-order valence-electron chi connectivity index (χ4n) is 6.06. The molecule has 5 rings (SSSR count). The van der Waals surface area contributed by atoms with Crippen molar-refractivity contribution in [3.63, 3.8) is 0 Å². The number of anilines is 2. The average Bonchev–Trinajstić information content (AvgIpc) is 3.83. The zero-order valence-corrected chi connectivity index (χ0v) is 34.1. The molecule has 0 aliphatic carbocycles. The summed E-state index contributed by atoms with van der Waals surface area (Å²) in [5.41, 5.74) is 10.2. The maximum absolute atomic E-state index is 13.9. The highest BCUT2D eigenvalue weighted by Crippen LogP contribution is 2.50. The first-order valence-electron chi connectivity index (χ1n) is 17.9. The Morgan fingerprint density at radius 1 is 1.10 bits per heavy atom. The number of hydrogen-bond donors (Lipinski definition) is 6. The Morgan fingerprint density at radius 3 is 2.47 bits per heavy atom. The topological polar surface area (TPSA) is 348 Å². The summed E-state index contributed by atoms with van der Waals surface area (Å²) in [6, 6.07) is -0.0561. The van der Waals surface area contributed by atoms with E-state index in [1.165, 1.54) is 36.3 Å². The monoisotopic (exact) mass is 875 g/mol. The molecule has 2 aliphatic heterocycles. The number of amides is 1. The van der Waals surface area contributed by atoms with Gasteiger partial charge in [-0.2, -0.15) is 4.98 Å². The van der Waals surface area contributed by atoms with Crippen molar-refractivity contribution < 1.29 is 71.0 Å². The Bertz CT molecular complexity index is 2140. The molecule has 9 atom stereocenters. The van der Waals surface area contributed by atoms with Gasteiger partial charge in [0.25, 0.3) is 0 Å². The van der Waals surface area contributed by atoms with E-state index >= 15 is 0 Å². The molecule has 59 heavy (non-hydrogen) atoms. The standard InChI is InChI=1S/C32H47N9O16P2/c1-6-7-8-22(42)39(5)17(12-51-32(2,3)4)30(44)56-26-20(55-29(25(26)43)41-16-37-24-27(34)35-15-36-28(24)41)14-53-59(49,50)57-18-11-23(40-10-9-21(33)38-31(40)45)54-19(18)13-52-58(46,47)48/h6,9-10,15-20,23,25-26,29,43H,1,7-8,11-14H2,2-5H3,(H,49,50)(H2,33,38,45)(H2,34,35,36)(H2,46,47,48)/t17-,18+,19-,20+,23-,25-,26-,29-/m1/s1. The molecule has 326 valence electrons. The molecule has 27 heteroatoms. The number of carbonyl (C=O) groups excluding carboxylic acids is 2. The molecule has 3 aromatic heterocycles. The predicted octanol–water partition coefficient (Wildman–Crippen LogP) is -0.0750. The largest absolute Gasteiger partial charge is 0.472 e. The van der Waals surface area contributed by atoms with E-state index in [0.29, 0.717) is 6.42 Å². The summed E-state index contributed by atoms with van der Waals surface area (Å²) in [6.45, 7) is 6.78. The van der Waals surface area contributed by atoms with Gasteiger partial charge in [0.05, 0.1) is 31.7 Å². The SMILES string of the molecule is C=CCCC(=O)N(C)[C@H](COC(C)(C)C)C(=O)O[C@H]1[C@@H](O)[C@H](n2cnc3c(N)ncnc32)O[C@H]1COP(=O)(O)O[C@H]1C[C@H](n2ccc(N)nc2=O)O[C@@H]1COP(=O)(O)O. The molecule has 2 saturated heterocycles. The number of imidazole rings is 1. The number of hydrogen-bond acceptors (Lipinski definition) is 19. The minimum Gasteiger partial charge on any atom is -0.455 e. The number of nitrogens with two attached hydrogens (primary N) is 2. The number of nitrogen functional groups attached to an aromatic ring is 2. The maximum atomic E-state index is 13.9. The Kier molecular flexibility index (Phi) is 14.4. The number of nitrogens with zero attached hydrogens (tertiary/aromatic N) is 7. The van der Waals surface area contributed by atoms with Gasteiger partial charge in [0.15, 0.2) is 29.8 Å². The van der Waals surface area contributed by atoms with Gasteiger partial charge in [-0.25, -0.2) is 33.7 Å². The van der Waals surface area contributed by atoms with Gasteiger partial charge in [-0.3, -0.25) is 27.5 Å². The second-order valence-corrected chi connectivity index (χ2v) is 17.1. The van der Waals surface area contributed by atoms with Crippen LogP contribution in [0.25, 0.3) is 11.2 Å². The van der Waals surface area contributed by atoms with E-state index in [1.807, 2.05) is 0 Å². The zero-order valence-electron chi connectivity index (χ0n) is 32.3. The summed E-state index contributed by atoms with van der Waals surface area (Å²) in [4.78, 5) is 86.0. The fraction of sp³-hybridized carbons (Fsp3) is 0.594. The van der Waals surface area contributed by atoms with Gasteiger partial charge in [-0.15, -0.1) is 6.58 Å². The third-order valence-electron chi connectivity index (χ3n) is 9.01. The van der Waals surface area contributed by atoms with Gasteiger partial charge < -0.3 is 55.1 Å². The Hall–Kier alpha value is -4.23. The molecule has 0 aromatic carbocycles. The number of rotatable bonds is 18. The van der Waals surface area contributed by atoms with Crippen LogP contribution in [0.2, 0.25) is 0 Å². The van der Waals surface area contributed by atoms with Crippen molar-refractivity contribution in [2.75, 3.05) is 38.3 Å². The number of ether oxygens (including phenoxy) is 4. The van der Waals surface area contributed by atoms with E-state index in [1.54, 1.807) is 20.8 Å². The molecular weight excluding hydrogens is 828 g/mol. The number of esters is 1. The second-order valence-electron chi connectivity index (χ2n) is 14.4. The van der Waals surface area contributed by atoms with Gasteiger partial charge in [-0.1, -0.05) is 6.08 Å². The first-order chi connectivity index (χ1) is 27.6. The normalized spacial score (nSPS) is 25.1. The lowest BCUT2D eigenvalue weighted by Gasteiger charge is -2.31. The number of fused-ring (bicyclic) bond motifs is 1. The number of aliphatic hydroxyl groups excluding tert-OH is 1. The molecule has 1 amide bonds. The fourth-order valence-corrected chi connectivity index (χ4v) is 7.36. The number of phosphoric acid groups is 2. The van der Waals surface area contributed by atoms with Gasteiger partial charge >= 0.3 is 27.3 Å². The Morgan fingerprint density at radius 2 is 1.81 bits per heavy atom. The lowest BCUT2D eigenvalue weighted by Crippen LogP contribution is -2.50. The van der Waals surface area contributed by atoms with Crippen molar-refractivity contribution >= 4 is 50.3 Å². The van der Waals surface area contributed by atoms with Crippen LogP contribution in [0.3, 0.4) is 0 Å². The molecule has 0 saturated carbocycles. The minimum absolute atomic E-state index is 0.00785. The lowest BCUT2D eigenvalue weighted by molar-refractivity contribution is -0.169. The molecular formula is C32H47N9O16P2. The van der Waals surface area contributed by atoms with E-state index in [9.17, 15) is 43.3 Å². The van der Waals surface area contributed by atoms with Crippen LogP contribution in [0.5, 0.6) is 0 Å². The number of allylic oxidation sites excluding steroid dienone is 1. The van der Waals surface area contributed by atoms with Gasteiger partial charge in [-0.05, 0) is 33.3 Å². The molecule has 0 bridgehead atoms. The zero-order chi connectivity index (χ0) is 43.4. The minimum atomic E-state index is -5.22. The van der Waals surface area contributed by atoms with Gasteiger partial charge in [0.1, 0.15) is 48.3 Å². The number of aliphatic hydroxyl groups is 1. The number of carbonyl (C=O) groups is 2. The van der Waals surface area contributed by atoms with Crippen LogP contribution < -0.4 is 17.2 Å². The second kappa shape index (κ2) is 18.6. The first-order valence-corrected chi connectivity index (χ1v) is 20.9. The summed E-state index contributed by atoms with van der Waals surface area (Å²) >= 11 is 0. The van der Waals surface area contributed by atoms with E-state index in [4.69, 9.17) is 39.5 Å². The highest BCUT2D eigenvalue weighted by Gasteiger charge is 2.50. The summed E-state index contributed by atoms with van der Waals surface area (Å²) < 4.78 is 66.0. The number of phosphoric ester groups is 2.